The highest BCUT2D eigenvalue weighted by Gasteiger charge is 2.29. The maximum Gasteiger partial charge on any atom is 0.151 e. The molecule has 0 saturated carbocycles. The third-order valence-electron chi connectivity index (χ3n) is 2.85. The van der Waals surface area contributed by atoms with E-state index in [1.165, 1.54) is 6.92 Å². The van der Waals surface area contributed by atoms with Gasteiger partial charge in [0.2, 0.25) is 0 Å². The lowest BCUT2D eigenvalue weighted by Crippen LogP contribution is -2.46. The number of aliphatic hydroxyl groups is 10. The minimum absolute atomic E-state index is 0.0935. The summed E-state index contributed by atoms with van der Waals surface area (Å²) in [5.41, 5.74) is 0. The van der Waals surface area contributed by atoms with E-state index in [4.69, 9.17) is 51.1 Å². The Morgan fingerprint density at radius 2 is 1.04 bits per heavy atom. The van der Waals surface area contributed by atoms with Crippen molar-refractivity contribution < 1.29 is 55.9 Å². The highest BCUT2D eigenvalue weighted by atomic mass is 16.4. The van der Waals surface area contributed by atoms with Gasteiger partial charge in [-0.2, -0.15) is 0 Å². The first-order valence-electron chi connectivity index (χ1n) is 6.66. The fourth-order valence-electron chi connectivity index (χ4n) is 1.24. The van der Waals surface area contributed by atoms with Gasteiger partial charge in [-0.1, -0.05) is 0 Å². The summed E-state index contributed by atoms with van der Waals surface area (Å²) in [6.45, 7) is -0.210. The van der Waals surface area contributed by atoms with Gasteiger partial charge in [-0.15, -0.1) is 0 Å². The zero-order valence-corrected chi connectivity index (χ0v) is 12.5. The number of carbonyl (C=O) groups excluding carboxylic acids is 1. The van der Waals surface area contributed by atoms with Gasteiger partial charge in [-0.25, -0.2) is 0 Å². The number of aldehydes is 1. The second kappa shape index (κ2) is 12.7. The molecule has 0 aromatic rings. The van der Waals surface area contributed by atoms with Crippen molar-refractivity contribution in [1.82, 2.24) is 0 Å². The second-order valence-corrected chi connectivity index (χ2v) is 4.83. The summed E-state index contributed by atoms with van der Waals surface area (Å²) >= 11 is 0. The third kappa shape index (κ3) is 9.22. The molecule has 0 spiro atoms. The largest absolute Gasteiger partial charge is 0.394 e. The molecule has 23 heavy (non-hydrogen) atoms. The molecule has 0 aromatic heterocycles. The van der Waals surface area contributed by atoms with E-state index < -0.39 is 62.0 Å². The molecule has 0 saturated heterocycles. The molecule has 0 aliphatic carbocycles. The van der Waals surface area contributed by atoms with Crippen molar-refractivity contribution in [1.29, 1.82) is 0 Å². The molecule has 0 aliphatic rings. The monoisotopic (exact) mass is 346 g/mol. The average Bonchev–Trinajstić information content (AvgIpc) is 2.56. The Morgan fingerprint density at radius 3 is 1.26 bits per heavy atom. The molecule has 0 fully saturated rings. The molecule has 0 aromatic carbocycles. The Hall–Kier alpha value is -0.730. The second-order valence-electron chi connectivity index (χ2n) is 4.83. The maximum atomic E-state index is 9.87. The van der Waals surface area contributed by atoms with E-state index in [0.717, 1.165) is 0 Å². The Morgan fingerprint density at radius 1 is 0.696 bits per heavy atom. The van der Waals surface area contributed by atoms with Crippen LogP contribution in [-0.2, 0) is 4.79 Å². The molecule has 0 heterocycles. The molecule has 11 heteroatoms. The van der Waals surface area contributed by atoms with E-state index in [1.807, 2.05) is 0 Å². The molecule has 0 radical (unpaired) electrons. The van der Waals surface area contributed by atoms with Gasteiger partial charge < -0.3 is 55.9 Å². The summed E-state index contributed by atoms with van der Waals surface area (Å²) < 4.78 is 0. The van der Waals surface area contributed by atoms with Crippen LogP contribution in [0.1, 0.15) is 6.92 Å². The standard InChI is InChI=1S/C6H14O6.C6H12O5/c7-1-3(9)5(11)6(12)4(10)2-8;1-3(8)5(10)6(11)4(9)2-7/h3-12H,1-2H2;2-6,8-11H,1H3/t3-,4-,5-,6-;3-,4+,5+,6-/m10/s1. The minimum Gasteiger partial charge on any atom is -0.394 e. The number of rotatable bonds is 9. The van der Waals surface area contributed by atoms with E-state index >= 15 is 0 Å². The first-order chi connectivity index (χ1) is 10.5. The molecule has 8 atom stereocenters. The van der Waals surface area contributed by atoms with Crippen LogP contribution in [0.3, 0.4) is 0 Å². The summed E-state index contributed by atoms with van der Waals surface area (Å²) in [4.78, 5) is 9.87. The summed E-state index contributed by atoms with van der Waals surface area (Å²) in [6.07, 6.45) is -12.3. The predicted octanol–water partition coefficient (Wildman–Crippen LogP) is -5.94. The van der Waals surface area contributed by atoms with E-state index in [9.17, 15) is 4.79 Å². The molecular weight excluding hydrogens is 320 g/mol. The Labute approximate surface area is 132 Å². The summed E-state index contributed by atoms with van der Waals surface area (Å²) in [5, 5.41) is 87.3. The SMILES string of the molecule is C[C@H](O)[C@@H](O)[C@@H](O)[C@H](O)C=O.OC[C@@H](O)[C@@H](O)[C@H](O)[C@H](O)CO. The van der Waals surface area contributed by atoms with Crippen LogP contribution >= 0.6 is 0 Å². The fraction of sp³-hybridized carbons (Fsp3) is 0.917. The number of hydrogen-bond donors (Lipinski definition) is 10. The van der Waals surface area contributed by atoms with Crippen molar-refractivity contribution in [2.24, 2.45) is 0 Å². The summed E-state index contributed by atoms with van der Waals surface area (Å²) in [7, 11) is 0. The van der Waals surface area contributed by atoms with Crippen LogP contribution in [0.25, 0.3) is 0 Å². The molecule has 0 amide bonds. The number of aliphatic hydroxyl groups excluding tert-OH is 10. The summed E-state index contributed by atoms with van der Waals surface area (Å²) in [5.74, 6) is 0. The van der Waals surface area contributed by atoms with Gasteiger partial charge in [0, 0.05) is 0 Å². The quantitative estimate of drug-likeness (QED) is 0.177. The van der Waals surface area contributed by atoms with Gasteiger partial charge in [0.1, 0.15) is 42.7 Å². The first-order valence-corrected chi connectivity index (χ1v) is 6.66. The average molecular weight is 346 g/mol. The molecule has 11 nitrogen and oxygen atoms in total. The zero-order valence-electron chi connectivity index (χ0n) is 12.5. The molecule has 10 N–H and O–H groups in total. The highest BCUT2D eigenvalue weighted by Crippen LogP contribution is 2.04. The van der Waals surface area contributed by atoms with Gasteiger partial charge >= 0.3 is 0 Å². The molecule has 140 valence electrons. The van der Waals surface area contributed by atoms with Gasteiger partial charge in [0.05, 0.1) is 19.3 Å². The smallest absolute Gasteiger partial charge is 0.151 e. The molecule has 0 unspecified atom stereocenters. The molecular formula is C12H26O11. The van der Waals surface area contributed by atoms with Crippen LogP contribution in [0, 0.1) is 0 Å². The third-order valence-corrected chi connectivity index (χ3v) is 2.85. The Bertz CT molecular complexity index is 287. The van der Waals surface area contributed by atoms with E-state index in [1.54, 1.807) is 0 Å². The van der Waals surface area contributed by atoms with Gasteiger partial charge in [-0.3, -0.25) is 0 Å². The Balaban J connectivity index is 0. The molecule has 0 bridgehead atoms. The number of carbonyl (C=O) groups is 1. The summed E-state index contributed by atoms with van der Waals surface area (Å²) in [6, 6.07) is 0. The fourth-order valence-corrected chi connectivity index (χ4v) is 1.24. The number of hydrogen-bond acceptors (Lipinski definition) is 11. The minimum atomic E-state index is -1.67. The van der Waals surface area contributed by atoms with Crippen LogP contribution in [0.5, 0.6) is 0 Å². The van der Waals surface area contributed by atoms with Gasteiger partial charge in [0.15, 0.2) is 6.29 Å². The van der Waals surface area contributed by atoms with E-state index in [2.05, 4.69) is 0 Å². The lowest BCUT2D eigenvalue weighted by atomic mass is 10.0. The van der Waals surface area contributed by atoms with Crippen LogP contribution in [0.2, 0.25) is 0 Å². The lowest BCUT2D eigenvalue weighted by Gasteiger charge is -2.24. The van der Waals surface area contributed by atoms with E-state index in [-0.39, 0.29) is 6.29 Å². The molecule has 0 rings (SSSR count). The Kier molecular flexibility index (Phi) is 13.5. The van der Waals surface area contributed by atoms with Crippen molar-refractivity contribution in [3.63, 3.8) is 0 Å². The van der Waals surface area contributed by atoms with Crippen molar-refractivity contribution in [2.45, 2.75) is 55.8 Å². The van der Waals surface area contributed by atoms with Crippen LogP contribution in [-0.4, -0.2) is 119 Å². The first kappa shape index (κ1) is 24.5. The zero-order chi connectivity index (χ0) is 18.7. The lowest BCUT2D eigenvalue weighted by molar-refractivity contribution is -0.132. The van der Waals surface area contributed by atoms with Crippen LogP contribution < -0.4 is 0 Å². The van der Waals surface area contributed by atoms with Gasteiger partial charge in [0.25, 0.3) is 0 Å². The topological polar surface area (TPSA) is 219 Å². The van der Waals surface area contributed by atoms with Crippen molar-refractivity contribution in [3.05, 3.63) is 0 Å². The van der Waals surface area contributed by atoms with Gasteiger partial charge in [-0.05, 0) is 6.92 Å². The van der Waals surface area contributed by atoms with Crippen molar-refractivity contribution in [3.8, 4) is 0 Å². The van der Waals surface area contributed by atoms with Crippen LogP contribution in [0.15, 0.2) is 0 Å². The van der Waals surface area contributed by atoms with Crippen LogP contribution in [0.4, 0.5) is 0 Å². The van der Waals surface area contributed by atoms with Crippen molar-refractivity contribution >= 4 is 6.29 Å². The maximum absolute atomic E-state index is 9.87. The molecule has 0 aliphatic heterocycles. The van der Waals surface area contributed by atoms with Crippen molar-refractivity contribution in [2.75, 3.05) is 13.2 Å². The predicted molar refractivity (Wildman–Crippen MR) is 74.0 cm³/mol. The van der Waals surface area contributed by atoms with E-state index in [0.29, 0.717) is 0 Å². The normalized spacial score (nSPS) is 21.7. The highest BCUT2D eigenvalue weighted by molar-refractivity contribution is 5.56.